The van der Waals surface area contributed by atoms with Crippen LogP contribution in [0.5, 0.6) is 0 Å². The first-order chi connectivity index (χ1) is 9.72. The Labute approximate surface area is 137 Å². The maximum atomic E-state index is 11.5. The molecule has 0 spiro atoms. The minimum Gasteiger partial charge on any atom is -0.383 e. The fourth-order valence-electron chi connectivity index (χ4n) is 1.58. The van der Waals surface area contributed by atoms with E-state index >= 15 is 0 Å². The van der Waals surface area contributed by atoms with Gasteiger partial charge < -0.3 is 15.4 Å². The Balaban J connectivity index is 0.00000400. The van der Waals surface area contributed by atoms with Gasteiger partial charge in [0.15, 0.2) is 0 Å². The van der Waals surface area contributed by atoms with Gasteiger partial charge in [0.25, 0.3) is 0 Å². The predicted octanol–water partition coefficient (Wildman–Crippen LogP) is 2.00. The van der Waals surface area contributed by atoms with E-state index in [1.165, 1.54) is 11.1 Å². The molecule has 0 aliphatic rings. The highest BCUT2D eigenvalue weighted by Gasteiger charge is 1.99. The molecule has 0 radical (unpaired) electrons. The molecule has 6 heteroatoms. The molecule has 2 N–H and O–H groups in total. The van der Waals surface area contributed by atoms with Crippen LogP contribution in [0.1, 0.15) is 11.1 Å². The molecule has 1 aromatic carbocycles. The van der Waals surface area contributed by atoms with Crippen molar-refractivity contribution in [3.8, 4) is 0 Å². The summed E-state index contributed by atoms with van der Waals surface area (Å²) in [6, 6.07) is 8.56. The predicted molar refractivity (Wildman–Crippen MR) is 92.3 cm³/mol. The monoisotopic (exact) mass is 332 g/mol. The molecule has 0 aliphatic heterocycles. The molecule has 0 saturated heterocycles. The van der Waals surface area contributed by atoms with E-state index in [0.29, 0.717) is 26.2 Å². The highest BCUT2D eigenvalue weighted by atomic mass is 35.5. The Morgan fingerprint density at radius 1 is 1.24 bits per heavy atom. The molecule has 0 unspecified atom stereocenters. The largest absolute Gasteiger partial charge is 0.383 e. The number of benzene rings is 1. The molecule has 1 rings (SSSR count). The van der Waals surface area contributed by atoms with Crippen molar-refractivity contribution >= 4 is 30.1 Å². The zero-order valence-corrected chi connectivity index (χ0v) is 14.3. The van der Waals surface area contributed by atoms with Crippen LogP contribution < -0.4 is 10.6 Å². The zero-order valence-electron chi connectivity index (χ0n) is 12.7. The summed E-state index contributed by atoms with van der Waals surface area (Å²) in [5.41, 5.74) is 2.61. The number of thioether (sulfide) groups is 1. The standard InChI is InChI=1S/C15H24N2O2S.ClH/c1-13-3-5-14(6-4-13)12-20-10-8-17-15(18)11-16-7-9-19-2;/h3-6,16H,7-12H2,1-2H3,(H,17,18);1H. The Hall–Kier alpha value is -0.750. The minimum absolute atomic E-state index is 0. The average molecular weight is 333 g/mol. The van der Waals surface area contributed by atoms with Gasteiger partial charge in [-0.25, -0.2) is 0 Å². The van der Waals surface area contributed by atoms with Gasteiger partial charge in [-0.3, -0.25) is 4.79 Å². The van der Waals surface area contributed by atoms with Crippen molar-refractivity contribution in [3.63, 3.8) is 0 Å². The fraction of sp³-hybridized carbons (Fsp3) is 0.533. The number of carbonyl (C=O) groups is 1. The van der Waals surface area contributed by atoms with E-state index in [0.717, 1.165) is 11.5 Å². The van der Waals surface area contributed by atoms with E-state index in [1.807, 2.05) is 11.8 Å². The molecule has 0 atom stereocenters. The number of methoxy groups -OCH3 is 1. The Morgan fingerprint density at radius 2 is 1.95 bits per heavy atom. The molecule has 0 fully saturated rings. The summed E-state index contributed by atoms with van der Waals surface area (Å²) in [5, 5.41) is 5.91. The van der Waals surface area contributed by atoms with Crippen LogP contribution in [0.4, 0.5) is 0 Å². The first kappa shape index (κ1) is 20.2. The summed E-state index contributed by atoms with van der Waals surface area (Å²) in [6.45, 7) is 4.48. The number of hydrogen-bond acceptors (Lipinski definition) is 4. The number of ether oxygens (including phenoxy) is 1. The van der Waals surface area contributed by atoms with Crippen LogP contribution in [-0.4, -0.2) is 45.0 Å². The molecule has 21 heavy (non-hydrogen) atoms. The summed E-state index contributed by atoms with van der Waals surface area (Å²) in [4.78, 5) is 11.5. The Kier molecular flexibility index (Phi) is 12.5. The highest BCUT2D eigenvalue weighted by Crippen LogP contribution is 2.12. The van der Waals surface area contributed by atoms with Gasteiger partial charge in [-0.05, 0) is 12.5 Å². The SMILES string of the molecule is COCCNCC(=O)NCCSCc1ccc(C)cc1.Cl. The van der Waals surface area contributed by atoms with Gasteiger partial charge in [0.05, 0.1) is 13.2 Å². The van der Waals surface area contributed by atoms with Gasteiger partial charge in [0.1, 0.15) is 0 Å². The molecule has 0 saturated carbocycles. The maximum Gasteiger partial charge on any atom is 0.233 e. The van der Waals surface area contributed by atoms with E-state index in [-0.39, 0.29) is 18.3 Å². The van der Waals surface area contributed by atoms with Crippen molar-refractivity contribution in [1.29, 1.82) is 0 Å². The van der Waals surface area contributed by atoms with Crippen LogP contribution in [0.3, 0.4) is 0 Å². The van der Waals surface area contributed by atoms with Crippen molar-refractivity contribution in [2.75, 3.05) is 39.1 Å². The van der Waals surface area contributed by atoms with Crippen molar-refractivity contribution in [1.82, 2.24) is 10.6 Å². The van der Waals surface area contributed by atoms with E-state index in [2.05, 4.69) is 41.8 Å². The second-order valence-corrected chi connectivity index (χ2v) is 5.66. The smallest absolute Gasteiger partial charge is 0.233 e. The van der Waals surface area contributed by atoms with Crippen LogP contribution in [0.15, 0.2) is 24.3 Å². The third kappa shape index (κ3) is 10.6. The summed E-state index contributed by atoms with van der Waals surface area (Å²) in [5.74, 6) is 1.96. The van der Waals surface area contributed by atoms with Crippen LogP contribution in [-0.2, 0) is 15.3 Å². The third-order valence-electron chi connectivity index (χ3n) is 2.73. The van der Waals surface area contributed by atoms with Crippen molar-refractivity contribution in [2.24, 2.45) is 0 Å². The maximum absolute atomic E-state index is 11.5. The molecule has 0 aliphatic carbocycles. The molecule has 120 valence electrons. The molecule has 0 aromatic heterocycles. The van der Waals surface area contributed by atoms with Gasteiger partial charge in [0.2, 0.25) is 5.91 Å². The lowest BCUT2D eigenvalue weighted by Crippen LogP contribution is -2.36. The Bertz CT molecular complexity index is 388. The second kappa shape index (κ2) is 13.0. The number of amides is 1. The topological polar surface area (TPSA) is 50.4 Å². The van der Waals surface area contributed by atoms with Crippen LogP contribution in [0.2, 0.25) is 0 Å². The quantitative estimate of drug-likeness (QED) is 0.643. The minimum atomic E-state index is 0. The molecule has 1 amide bonds. The number of carbonyl (C=O) groups excluding carboxylic acids is 1. The first-order valence-electron chi connectivity index (χ1n) is 6.82. The highest BCUT2D eigenvalue weighted by molar-refractivity contribution is 7.98. The van der Waals surface area contributed by atoms with Crippen LogP contribution >= 0.6 is 24.2 Å². The van der Waals surface area contributed by atoms with Crippen LogP contribution in [0, 0.1) is 6.92 Å². The normalized spacial score (nSPS) is 10.0. The lowest BCUT2D eigenvalue weighted by molar-refractivity contribution is -0.120. The zero-order chi connectivity index (χ0) is 14.6. The number of halogens is 1. The molecular formula is C15H25ClN2O2S. The molecular weight excluding hydrogens is 308 g/mol. The van der Waals surface area contributed by atoms with Gasteiger partial charge in [-0.1, -0.05) is 29.8 Å². The van der Waals surface area contributed by atoms with E-state index in [4.69, 9.17) is 4.74 Å². The molecule has 1 aromatic rings. The fourth-order valence-corrected chi connectivity index (χ4v) is 2.39. The van der Waals surface area contributed by atoms with E-state index in [9.17, 15) is 4.79 Å². The summed E-state index contributed by atoms with van der Waals surface area (Å²) in [6.07, 6.45) is 0. The van der Waals surface area contributed by atoms with E-state index < -0.39 is 0 Å². The molecule has 4 nitrogen and oxygen atoms in total. The molecule has 0 bridgehead atoms. The van der Waals surface area contributed by atoms with Gasteiger partial charge in [-0.15, -0.1) is 12.4 Å². The van der Waals surface area contributed by atoms with Gasteiger partial charge >= 0.3 is 0 Å². The Morgan fingerprint density at radius 3 is 2.62 bits per heavy atom. The van der Waals surface area contributed by atoms with E-state index in [1.54, 1.807) is 7.11 Å². The summed E-state index contributed by atoms with van der Waals surface area (Å²) < 4.78 is 4.89. The second-order valence-electron chi connectivity index (χ2n) is 4.56. The van der Waals surface area contributed by atoms with Crippen molar-refractivity contribution < 1.29 is 9.53 Å². The third-order valence-corrected chi connectivity index (χ3v) is 3.76. The van der Waals surface area contributed by atoms with Crippen molar-refractivity contribution in [3.05, 3.63) is 35.4 Å². The summed E-state index contributed by atoms with van der Waals surface area (Å²) in [7, 11) is 1.65. The molecule has 0 heterocycles. The van der Waals surface area contributed by atoms with Gasteiger partial charge in [0, 0.05) is 31.7 Å². The van der Waals surface area contributed by atoms with Crippen molar-refractivity contribution in [2.45, 2.75) is 12.7 Å². The first-order valence-corrected chi connectivity index (χ1v) is 7.97. The number of rotatable bonds is 10. The number of aryl methyl sites for hydroxylation is 1. The average Bonchev–Trinajstić information content (AvgIpc) is 2.45. The van der Waals surface area contributed by atoms with Crippen LogP contribution in [0.25, 0.3) is 0 Å². The van der Waals surface area contributed by atoms with Gasteiger partial charge in [-0.2, -0.15) is 11.8 Å². The lowest BCUT2D eigenvalue weighted by Gasteiger charge is -2.06. The summed E-state index contributed by atoms with van der Waals surface area (Å²) >= 11 is 1.83. The lowest BCUT2D eigenvalue weighted by atomic mass is 10.2. The number of hydrogen-bond donors (Lipinski definition) is 2. The number of nitrogens with one attached hydrogen (secondary N) is 2.